The highest BCUT2D eigenvalue weighted by Gasteiger charge is 2.14. The van der Waals surface area contributed by atoms with Crippen molar-refractivity contribution in [3.05, 3.63) is 35.9 Å². The largest absolute Gasteiger partial charge is 0.390 e. The van der Waals surface area contributed by atoms with Crippen molar-refractivity contribution in [1.29, 1.82) is 0 Å². The van der Waals surface area contributed by atoms with Crippen LogP contribution in [-0.4, -0.2) is 30.3 Å². The fraction of sp³-hybridized carbons (Fsp3) is 0.571. The monoisotopic (exact) mass is 272 g/mol. The third-order valence-electron chi connectivity index (χ3n) is 2.71. The zero-order valence-corrected chi connectivity index (χ0v) is 12.0. The molecule has 0 spiro atoms. The first-order valence-corrected chi connectivity index (χ1v) is 6.28. The molecule has 0 saturated carbocycles. The van der Waals surface area contributed by atoms with Crippen LogP contribution in [0.3, 0.4) is 0 Å². The van der Waals surface area contributed by atoms with Crippen LogP contribution in [0, 0.1) is 5.92 Å². The molecule has 0 aliphatic rings. The number of aliphatic hydroxyl groups is 1. The first-order chi connectivity index (χ1) is 8.09. The molecule has 0 unspecified atom stereocenters. The standard InChI is InChI=1S/C14H24N2O.ClH/c1-11(2)9-16-10-14(17)13(15)8-12-6-4-3-5-7-12;/h3-7,11,13-14,16-17H,8-10,15H2,1-2H3;1H/t13-,14+;/m0./s1. The molecule has 0 aliphatic heterocycles. The Morgan fingerprint density at radius 1 is 1.17 bits per heavy atom. The van der Waals surface area contributed by atoms with Crippen LogP contribution in [0.15, 0.2) is 30.3 Å². The highest BCUT2D eigenvalue weighted by molar-refractivity contribution is 5.85. The minimum atomic E-state index is -0.492. The van der Waals surface area contributed by atoms with Crippen molar-refractivity contribution in [2.24, 2.45) is 11.7 Å². The number of nitrogens with two attached hydrogens (primary N) is 1. The number of halogens is 1. The van der Waals surface area contributed by atoms with E-state index in [0.717, 1.165) is 6.54 Å². The van der Waals surface area contributed by atoms with Gasteiger partial charge in [0.1, 0.15) is 0 Å². The van der Waals surface area contributed by atoms with Crippen LogP contribution >= 0.6 is 12.4 Å². The molecule has 1 aromatic rings. The molecular weight excluding hydrogens is 248 g/mol. The van der Waals surface area contributed by atoms with Gasteiger partial charge in [0.25, 0.3) is 0 Å². The summed E-state index contributed by atoms with van der Waals surface area (Å²) < 4.78 is 0. The average molecular weight is 273 g/mol. The van der Waals surface area contributed by atoms with Crippen LogP contribution in [0.1, 0.15) is 19.4 Å². The van der Waals surface area contributed by atoms with Crippen molar-refractivity contribution in [1.82, 2.24) is 5.32 Å². The molecule has 18 heavy (non-hydrogen) atoms. The molecule has 4 N–H and O–H groups in total. The van der Waals surface area contributed by atoms with Gasteiger partial charge in [-0.2, -0.15) is 0 Å². The molecule has 0 heterocycles. The molecule has 0 fully saturated rings. The van der Waals surface area contributed by atoms with E-state index >= 15 is 0 Å². The van der Waals surface area contributed by atoms with Gasteiger partial charge in [-0.1, -0.05) is 44.2 Å². The van der Waals surface area contributed by atoms with Gasteiger partial charge in [0.05, 0.1) is 6.10 Å². The van der Waals surface area contributed by atoms with E-state index in [1.165, 1.54) is 5.56 Å². The van der Waals surface area contributed by atoms with E-state index in [9.17, 15) is 5.11 Å². The summed E-state index contributed by atoms with van der Waals surface area (Å²) in [4.78, 5) is 0. The smallest absolute Gasteiger partial charge is 0.0818 e. The SMILES string of the molecule is CC(C)CNC[C@@H](O)[C@@H](N)Cc1ccccc1.Cl. The molecule has 0 aromatic heterocycles. The van der Waals surface area contributed by atoms with Gasteiger partial charge < -0.3 is 16.2 Å². The molecule has 0 bridgehead atoms. The highest BCUT2D eigenvalue weighted by atomic mass is 35.5. The molecule has 0 amide bonds. The highest BCUT2D eigenvalue weighted by Crippen LogP contribution is 2.04. The van der Waals surface area contributed by atoms with E-state index in [1.807, 2.05) is 30.3 Å². The fourth-order valence-electron chi connectivity index (χ4n) is 1.69. The van der Waals surface area contributed by atoms with Gasteiger partial charge in [-0.15, -0.1) is 12.4 Å². The number of rotatable bonds is 7. The van der Waals surface area contributed by atoms with Crippen LogP contribution in [0.2, 0.25) is 0 Å². The van der Waals surface area contributed by atoms with Crippen molar-refractivity contribution < 1.29 is 5.11 Å². The molecule has 1 aromatic carbocycles. The zero-order chi connectivity index (χ0) is 12.7. The van der Waals surface area contributed by atoms with Crippen LogP contribution in [0.25, 0.3) is 0 Å². The fourth-order valence-corrected chi connectivity index (χ4v) is 1.69. The third kappa shape index (κ3) is 6.97. The Morgan fingerprint density at radius 2 is 1.78 bits per heavy atom. The van der Waals surface area contributed by atoms with Crippen molar-refractivity contribution in [2.45, 2.75) is 32.4 Å². The summed E-state index contributed by atoms with van der Waals surface area (Å²) in [7, 11) is 0. The molecule has 4 heteroatoms. The predicted molar refractivity (Wildman–Crippen MR) is 79.1 cm³/mol. The summed E-state index contributed by atoms with van der Waals surface area (Å²) in [6.07, 6.45) is 0.222. The summed E-state index contributed by atoms with van der Waals surface area (Å²) in [5, 5.41) is 13.1. The number of nitrogens with one attached hydrogen (secondary N) is 1. The summed E-state index contributed by atoms with van der Waals surface area (Å²) in [6.45, 7) is 5.76. The van der Waals surface area contributed by atoms with E-state index in [0.29, 0.717) is 18.9 Å². The number of hydrogen-bond acceptors (Lipinski definition) is 3. The normalized spacial score (nSPS) is 14.1. The molecule has 0 aliphatic carbocycles. The second-order valence-electron chi connectivity index (χ2n) is 4.97. The van der Waals surface area contributed by atoms with Crippen LogP contribution < -0.4 is 11.1 Å². The maximum atomic E-state index is 9.90. The Morgan fingerprint density at radius 3 is 2.33 bits per heavy atom. The quantitative estimate of drug-likeness (QED) is 0.706. The van der Waals surface area contributed by atoms with Gasteiger partial charge in [0.2, 0.25) is 0 Å². The molecular formula is C14H25ClN2O. The van der Waals surface area contributed by atoms with Crippen molar-refractivity contribution in [3.63, 3.8) is 0 Å². The van der Waals surface area contributed by atoms with Gasteiger partial charge in [0, 0.05) is 12.6 Å². The van der Waals surface area contributed by atoms with E-state index < -0.39 is 6.10 Å². The van der Waals surface area contributed by atoms with Gasteiger partial charge in [-0.3, -0.25) is 0 Å². The van der Waals surface area contributed by atoms with Crippen LogP contribution in [-0.2, 0) is 6.42 Å². The van der Waals surface area contributed by atoms with E-state index in [2.05, 4.69) is 19.2 Å². The second-order valence-corrected chi connectivity index (χ2v) is 4.97. The Kier molecular flexibility index (Phi) is 9.02. The Bertz CT molecular complexity index is 306. The Labute approximate surface area is 116 Å². The lowest BCUT2D eigenvalue weighted by atomic mass is 10.0. The minimum absolute atomic E-state index is 0. The second kappa shape index (κ2) is 9.34. The van der Waals surface area contributed by atoms with Crippen molar-refractivity contribution in [3.8, 4) is 0 Å². The molecule has 1 rings (SSSR count). The lowest BCUT2D eigenvalue weighted by Crippen LogP contribution is -2.43. The minimum Gasteiger partial charge on any atom is -0.390 e. The number of hydrogen-bond donors (Lipinski definition) is 3. The van der Waals surface area contributed by atoms with E-state index in [1.54, 1.807) is 0 Å². The summed E-state index contributed by atoms with van der Waals surface area (Å²) in [5.74, 6) is 0.590. The molecule has 2 atom stereocenters. The summed E-state index contributed by atoms with van der Waals surface area (Å²) in [5.41, 5.74) is 7.15. The molecule has 0 radical (unpaired) electrons. The van der Waals surface area contributed by atoms with E-state index in [4.69, 9.17) is 5.73 Å². The number of benzene rings is 1. The summed E-state index contributed by atoms with van der Waals surface area (Å²) >= 11 is 0. The first kappa shape index (κ1) is 17.4. The topological polar surface area (TPSA) is 58.3 Å². The predicted octanol–water partition coefficient (Wildman–Crippen LogP) is 1.58. The Hall–Kier alpha value is -0.610. The maximum Gasteiger partial charge on any atom is 0.0818 e. The number of aliphatic hydroxyl groups excluding tert-OH is 1. The van der Waals surface area contributed by atoms with Crippen LogP contribution in [0.4, 0.5) is 0 Å². The van der Waals surface area contributed by atoms with Crippen molar-refractivity contribution >= 4 is 12.4 Å². The third-order valence-corrected chi connectivity index (χ3v) is 2.71. The zero-order valence-electron chi connectivity index (χ0n) is 11.2. The van der Waals surface area contributed by atoms with Gasteiger partial charge in [-0.25, -0.2) is 0 Å². The van der Waals surface area contributed by atoms with E-state index in [-0.39, 0.29) is 18.4 Å². The van der Waals surface area contributed by atoms with Crippen molar-refractivity contribution in [2.75, 3.05) is 13.1 Å². The molecule has 0 saturated heterocycles. The average Bonchev–Trinajstić information content (AvgIpc) is 2.29. The molecule has 104 valence electrons. The van der Waals surface area contributed by atoms with Crippen LogP contribution in [0.5, 0.6) is 0 Å². The van der Waals surface area contributed by atoms with Gasteiger partial charge in [0.15, 0.2) is 0 Å². The lowest BCUT2D eigenvalue weighted by Gasteiger charge is -2.20. The van der Waals surface area contributed by atoms with Gasteiger partial charge >= 0.3 is 0 Å². The maximum absolute atomic E-state index is 9.90. The van der Waals surface area contributed by atoms with Gasteiger partial charge in [-0.05, 0) is 24.4 Å². The molecule has 3 nitrogen and oxygen atoms in total. The first-order valence-electron chi connectivity index (χ1n) is 6.28. The lowest BCUT2D eigenvalue weighted by molar-refractivity contribution is 0.141. The summed E-state index contributed by atoms with van der Waals surface area (Å²) in [6, 6.07) is 9.83. The Balaban J connectivity index is 0.00000289.